The highest BCUT2D eigenvalue weighted by Gasteiger charge is 2.18. The summed E-state index contributed by atoms with van der Waals surface area (Å²) in [6, 6.07) is 11.3. The Morgan fingerprint density at radius 2 is 1.85 bits per heavy atom. The fraction of sp³-hybridized carbons (Fsp3) is 0.158. The highest BCUT2D eigenvalue weighted by Crippen LogP contribution is 2.24. The maximum Gasteiger partial charge on any atom is 0.322 e. The molecule has 0 fully saturated rings. The molecule has 3 N–H and O–H groups in total. The molecule has 0 saturated carbocycles. The molecular weight excluding hydrogens is 350 g/mol. The van der Waals surface area contributed by atoms with Crippen LogP contribution in [0.2, 0.25) is 0 Å². The molecule has 8 nitrogen and oxygen atoms in total. The molecule has 1 amide bonds. The van der Waals surface area contributed by atoms with E-state index in [0.29, 0.717) is 13.0 Å². The van der Waals surface area contributed by atoms with Gasteiger partial charge in [-0.2, -0.15) is 0 Å². The predicted molar refractivity (Wildman–Crippen MR) is 97.8 cm³/mol. The van der Waals surface area contributed by atoms with Gasteiger partial charge in [-0.15, -0.1) is 0 Å². The predicted octanol–water partition coefficient (Wildman–Crippen LogP) is 1.16. The minimum Gasteiger partial charge on any atom is -0.505 e. The van der Waals surface area contributed by atoms with E-state index < -0.39 is 24.2 Å². The van der Waals surface area contributed by atoms with Gasteiger partial charge in [-0.25, -0.2) is 4.98 Å². The van der Waals surface area contributed by atoms with Crippen LogP contribution in [0.25, 0.3) is 10.8 Å². The first-order valence-corrected chi connectivity index (χ1v) is 8.22. The summed E-state index contributed by atoms with van der Waals surface area (Å²) in [5.74, 6) is -2.50. The maximum absolute atomic E-state index is 12.6. The molecule has 0 spiro atoms. The van der Waals surface area contributed by atoms with Gasteiger partial charge < -0.3 is 20.1 Å². The lowest BCUT2D eigenvalue weighted by Gasteiger charge is -2.10. The van der Waals surface area contributed by atoms with Gasteiger partial charge >= 0.3 is 5.97 Å². The second-order valence-electron chi connectivity index (χ2n) is 5.91. The van der Waals surface area contributed by atoms with E-state index in [1.165, 1.54) is 16.8 Å². The Bertz CT molecular complexity index is 1060. The van der Waals surface area contributed by atoms with E-state index in [1.807, 2.05) is 30.3 Å². The van der Waals surface area contributed by atoms with E-state index in [1.54, 1.807) is 6.20 Å². The number of nitrogens with one attached hydrogen (secondary N) is 1. The van der Waals surface area contributed by atoms with Crippen molar-refractivity contribution in [1.82, 2.24) is 14.9 Å². The number of carboxylic acids is 1. The lowest BCUT2D eigenvalue weighted by Crippen LogP contribution is -2.30. The number of benzene rings is 1. The maximum atomic E-state index is 12.6. The molecule has 0 radical (unpaired) electrons. The van der Waals surface area contributed by atoms with Crippen LogP contribution in [0.3, 0.4) is 0 Å². The fourth-order valence-electron chi connectivity index (χ4n) is 2.72. The summed E-state index contributed by atoms with van der Waals surface area (Å²) in [5, 5.41) is 21.4. The van der Waals surface area contributed by atoms with Crippen LogP contribution in [0.5, 0.6) is 5.75 Å². The Hall–Kier alpha value is -3.68. The molecule has 8 heteroatoms. The highest BCUT2D eigenvalue weighted by atomic mass is 16.4. The Morgan fingerprint density at radius 3 is 2.56 bits per heavy atom. The molecule has 27 heavy (non-hydrogen) atoms. The number of amides is 1. The Labute approximate surface area is 153 Å². The Kier molecular flexibility index (Phi) is 5.16. The number of fused-ring (bicyclic) bond motifs is 1. The molecule has 1 aromatic carbocycles. The van der Waals surface area contributed by atoms with Gasteiger partial charge in [0.15, 0.2) is 11.4 Å². The van der Waals surface area contributed by atoms with Gasteiger partial charge in [0.05, 0.1) is 5.39 Å². The molecule has 2 aromatic heterocycles. The quantitative estimate of drug-likeness (QED) is 0.601. The van der Waals surface area contributed by atoms with Gasteiger partial charge in [-0.3, -0.25) is 14.4 Å². The first-order valence-electron chi connectivity index (χ1n) is 8.22. The SMILES string of the molecule is O=C(O)CNC(=O)c1ncc2c(=O)n(CCc3ccccc3)ccc2c1O. The van der Waals surface area contributed by atoms with Crippen LogP contribution in [0.4, 0.5) is 0 Å². The number of hydrogen-bond donors (Lipinski definition) is 3. The number of aromatic hydroxyl groups is 1. The van der Waals surface area contributed by atoms with Gasteiger partial charge in [0, 0.05) is 24.3 Å². The summed E-state index contributed by atoms with van der Waals surface area (Å²) in [6.45, 7) is -0.139. The van der Waals surface area contributed by atoms with Gasteiger partial charge in [0.2, 0.25) is 0 Å². The number of nitrogens with zero attached hydrogens (tertiary/aromatic N) is 2. The number of aryl methyl sites for hydroxylation is 2. The van der Waals surface area contributed by atoms with Crippen molar-refractivity contribution in [2.45, 2.75) is 13.0 Å². The Morgan fingerprint density at radius 1 is 1.11 bits per heavy atom. The van der Waals surface area contributed by atoms with Crippen LogP contribution in [0.1, 0.15) is 16.1 Å². The molecule has 3 aromatic rings. The van der Waals surface area contributed by atoms with Crippen LogP contribution < -0.4 is 10.9 Å². The molecule has 0 unspecified atom stereocenters. The van der Waals surface area contributed by atoms with Crippen LogP contribution in [-0.2, 0) is 17.8 Å². The molecule has 0 bridgehead atoms. The fourth-order valence-corrected chi connectivity index (χ4v) is 2.72. The molecule has 0 atom stereocenters. The zero-order valence-electron chi connectivity index (χ0n) is 14.3. The van der Waals surface area contributed by atoms with Crippen LogP contribution >= 0.6 is 0 Å². The van der Waals surface area contributed by atoms with Gasteiger partial charge in [0.1, 0.15) is 6.54 Å². The molecule has 0 aliphatic heterocycles. The average molecular weight is 367 g/mol. The topological polar surface area (TPSA) is 122 Å². The third-order valence-corrected chi connectivity index (χ3v) is 4.10. The zero-order valence-corrected chi connectivity index (χ0v) is 14.3. The monoisotopic (exact) mass is 367 g/mol. The summed E-state index contributed by atoms with van der Waals surface area (Å²) in [5.41, 5.74) is 0.435. The van der Waals surface area contributed by atoms with E-state index in [4.69, 9.17) is 5.11 Å². The van der Waals surface area contributed by atoms with Crippen molar-refractivity contribution >= 4 is 22.6 Å². The van der Waals surface area contributed by atoms with Crippen molar-refractivity contribution in [2.24, 2.45) is 0 Å². The largest absolute Gasteiger partial charge is 0.505 e. The van der Waals surface area contributed by atoms with Crippen molar-refractivity contribution in [3.8, 4) is 5.75 Å². The molecule has 2 heterocycles. The lowest BCUT2D eigenvalue weighted by molar-refractivity contribution is -0.135. The molecule has 0 saturated heterocycles. The summed E-state index contributed by atoms with van der Waals surface area (Å²) in [6.07, 6.45) is 3.43. The summed E-state index contributed by atoms with van der Waals surface area (Å²) >= 11 is 0. The first kappa shape index (κ1) is 18.1. The van der Waals surface area contributed by atoms with Gasteiger partial charge in [-0.05, 0) is 18.1 Å². The number of pyridine rings is 2. The number of aromatic nitrogens is 2. The van der Waals surface area contributed by atoms with Crippen LogP contribution in [-0.4, -0.2) is 38.2 Å². The molecule has 0 aliphatic rings. The van der Waals surface area contributed by atoms with Crippen molar-refractivity contribution in [2.75, 3.05) is 6.54 Å². The minimum atomic E-state index is -1.22. The molecular formula is C19H17N3O5. The smallest absolute Gasteiger partial charge is 0.322 e. The summed E-state index contributed by atoms with van der Waals surface area (Å²) in [7, 11) is 0. The van der Waals surface area contributed by atoms with E-state index in [2.05, 4.69) is 10.3 Å². The number of carbonyl (C=O) groups excluding carboxylic acids is 1. The van der Waals surface area contributed by atoms with Crippen molar-refractivity contribution < 1.29 is 19.8 Å². The zero-order chi connectivity index (χ0) is 19.4. The van der Waals surface area contributed by atoms with Gasteiger partial charge in [0.25, 0.3) is 11.5 Å². The number of rotatable bonds is 6. The van der Waals surface area contributed by atoms with Gasteiger partial charge in [-0.1, -0.05) is 30.3 Å². The standard InChI is InChI=1S/C19H17N3O5/c23-15(24)11-21-18(26)16-17(25)13-7-9-22(19(27)14(13)10-20-16)8-6-12-4-2-1-3-5-12/h1-5,7,9-10,25H,6,8,11H2,(H,21,26)(H,23,24). The van der Waals surface area contributed by atoms with Crippen molar-refractivity contribution in [3.05, 3.63) is 70.4 Å². The Balaban J connectivity index is 1.88. The van der Waals surface area contributed by atoms with Crippen LogP contribution in [0.15, 0.2) is 53.6 Å². The van der Waals surface area contributed by atoms with E-state index >= 15 is 0 Å². The van der Waals surface area contributed by atoms with E-state index in [-0.39, 0.29) is 22.0 Å². The summed E-state index contributed by atoms with van der Waals surface area (Å²) in [4.78, 5) is 38.9. The van der Waals surface area contributed by atoms with Crippen molar-refractivity contribution in [3.63, 3.8) is 0 Å². The number of carbonyl (C=O) groups is 2. The second-order valence-corrected chi connectivity index (χ2v) is 5.91. The highest BCUT2D eigenvalue weighted by molar-refractivity contribution is 6.01. The van der Waals surface area contributed by atoms with E-state index in [0.717, 1.165) is 5.56 Å². The third kappa shape index (κ3) is 3.95. The van der Waals surface area contributed by atoms with Crippen molar-refractivity contribution in [1.29, 1.82) is 0 Å². The third-order valence-electron chi connectivity index (χ3n) is 4.10. The molecule has 3 rings (SSSR count). The number of carboxylic acid groups (broad SMARTS) is 1. The normalized spacial score (nSPS) is 10.7. The molecule has 0 aliphatic carbocycles. The summed E-state index contributed by atoms with van der Waals surface area (Å²) < 4.78 is 1.51. The van der Waals surface area contributed by atoms with Crippen LogP contribution in [0, 0.1) is 0 Å². The first-order chi connectivity index (χ1) is 13.0. The lowest BCUT2D eigenvalue weighted by atomic mass is 10.1. The number of aliphatic carboxylic acids is 1. The second kappa shape index (κ2) is 7.69. The van der Waals surface area contributed by atoms with E-state index in [9.17, 15) is 19.5 Å². The average Bonchev–Trinajstić information content (AvgIpc) is 2.67. The number of hydrogen-bond acceptors (Lipinski definition) is 5. The minimum absolute atomic E-state index is 0.179. The molecule has 138 valence electrons.